The van der Waals surface area contributed by atoms with Crippen LogP contribution in [0.4, 0.5) is 10.8 Å². The van der Waals surface area contributed by atoms with E-state index in [9.17, 15) is 8.42 Å². The molecular formula is C13H24N4O2S2. The summed E-state index contributed by atoms with van der Waals surface area (Å²) >= 11 is 1.11. The molecule has 1 aliphatic carbocycles. The lowest BCUT2D eigenvalue weighted by atomic mass is 10.0. The van der Waals surface area contributed by atoms with Gasteiger partial charge in [-0.15, -0.1) is 0 Å². The number of sulfonamides is 1. The normalized spacial score (nSPS) is 16.7. The molecule has 1 aromatic heterocycles. The molecule has 0 atom stereocenters. The first-order valence-corrected chi connectivity index (χ1v) is 9.56. The third kappa shape index (κ3) is 3.87. The monoisotopic (exact) mass is 332 g/mol. The summed E-state index contributed by atoms with van der Waals surface area (Å²) in [5.74, 6) is 0.926. The molecular weight excluding hydrogens is 308 g/mol. The number of rotatable bonds is 7. The highest BCUT2D eigenvalue weighted by Gasteiger charge is 2.27. The maximum absolute atomic E-state index is 12.2. The number of hydrogen-bond acceptors (Lipinski definition) is 6. The number of anilines is 2. The lowest BCUT2D eigenvalue weighted by Crippen LogP contribution is -2.23. The van der Waals surface area contributed by atoms with Gasteiger partial charge < -0.3 is 11.1 Å². The predicted octanol–water partition coefficient (Wildman–Crippen LogP) is 2.36. The summed E-state index contributed by atoms with van der Waals surface area (Å²) in [5, 5.41) is 3.74. The second-order valence-corrected chi connectivity index (χ2v) is 8.60. The van der Waals surface area contributed by atoms with Crippen LogP contribution in [0.3, 0.4) is 0 Å². The van der Waals surface area contributed by atoms with Crippen molar-refractivity contribution >= 4 is 32.4 Å². The first kappa shape index (κ1) is 16.5. The Labute approximate surface area is 130 Å². The molecule has 0 saturated heterocycles. The van der Waals surface area contributed by atoms with Gasteiger partial charge in [0, 0.05) is 20.6 Å². The van der Waals surface area contributed by atoms with Gasteiger partial charge in [-0.05, 0) is 30.3 Å². The summed E-state index contributed by atoms with van der Waals surface area (Å²) in [6.07, 6.45) is 7.64. The van der Waals surface area contributed by atoms with E-state index >= 15 is 0 Å². The van der Waals surface area contributed by atoms with E-state index in [-0.39, 0.29) is 10.7 Å². The topological polar surface area (TPSA) is 88.3 Å². The fourth-order valence-electron chi connectivity index (χ4n) is 2.73. The zero-order valence-corrected chi connectivity index (χ0v) is 14.3. The molecule has 0 spiro atoms. The molecule has 1 heterocycles. The highest BCUT2D eigenvalue weighted by molar-refractivity contribution is 7.89. The molecule has 1 aromatic rings. The van der Waals surface area contributed by atoms with Gasteiger partial charge in [-0.2, -0.15) is 4.37 Å². The Bertz CT molecular complexity index is 563. The number of aromatic nitrogens is 1. The predicted molar refractivity (Wildman–Crippen MR) is 87.1 cm³/mol. The number of nitrogens with one attached hydrogen (secondary N) is 1. The molecule has 0 bridgehead atoms. The van der Waals surface area contributed by atoms with Gasteiger partial charge in [-0.3, -0.25) is 0 Å². The fourth-order valence-corrected chi connectivity index (χ4v) is 4.83. The van der Waals surface area contributed by atoms with Crippen LogP contribution in [0.25, 0.3) is 0 Å². The van der Waals surface area contributed by atoms with Gasteiger partial charge in [-0.1, -0.05) is 25.7 Å². The molecule has 2 rings (SSSR count). The second-order valence-electron chi connectivity index (χ2n) is 5.73. The van der Waals surface area contributed by atoms with Gasteiger partial charge in [0.2, 0.25) is 10.0 Å². The number of nitrogens with zero attached hydrogens (tertiary/aromatic N) is 2. The van der Waals surface area contributed by atoms with Gasteiger partial charge in [0.15, 0.2) is 10.7 Å². The molecule has 0 aromatic carbocycles. The molecule has 1 fully saturated rings. The zero-order chi connectivity index (χ0) is 15.5. The maximum Gasteiger partial charge on any atom is 0.249 e. The van der Waals surface area contributed by atoms with E-state index in [1.807, 2.05) is 0 Å². The van der Waals surface area contributed by atoms with E-state index in [1.165, 1.54) is 46.2 Å². The molecule has 1 aliphatic rings. The minimum atomic E-state index is -3.55. The Balaban J connectivity index is 1.94. The van der Waals surface area contributed by atoms with E-state index in [0.717, 1.165) is 34.7 Å². The van der Waals surface area contributed by atoms with Crippen molar-refractivity contribution in [2.75, 3.05) is 31.7 Å². The van der Waals surface area contributed by atoms with Crippen molar-refractivity contribution in [2.24, 2.45) is 5.92 Å². The van der Waals surface area contributed by atoms with Crippen molar-refractivity contribution in [1.29, 1.82) is 0 Å². The van der Waals surface area contributed by atoms with Crippen molar-refractivity contribution < 1.29 is 8.42 Å². The maximum atomic E-state index is 12.2. The molecule has 0 amide bonds. The molecule has 21 heavy (non-hydrogen) atoms. The highest BCUT2D eigenvalue weighted by atomic mass is 32.2. The minimum Gasteiger partial charge on any atom is -0.382 e. The van der Waals surface area contributed by atoms with E-state index in [4.69, 9.17) is 5.73 Å². The third-order valence-electron chi connectivity index (χ3n) is 3.96. The summed E-state index contributed by atoms with van der Waals surface area (Å²) in [6, 6.07) is 0. The van der Waals surface area contributed by atoms with E-state index in [1.54, 1.807) is 0 Å². The molecule has 0 unspecified atom stereocenters. The average Bonchev–Trinajstić information content (AvgIpc) is 3.04. The zero-order valence-electron chi connectivity index (χ0n) is 12.6. The van der Waals surface area contributed by atoms with Gasteiger partial charge in [0.05, 0.1) is 0 Å². The lowest BCUT2D eigenvalue weighted by molar-refractivity contribution is 0.491. The Hall–Kier alpha value is -0.860. The van der Waals surface area contributed by atoms with Crippen LogP contribution in [0.5, 0.6) is 0 Å². The van der Waals surface area contributed by atoms with Crippen LogP contribution in [0.15, 0.2) is 4.90 Å². The molecule has 0 aliphatic heterocycles. The molecule has 120 valence electrons. The quantitative estimate of drug-likeness (QED) is 0.748. The van der Waals surface area contributed by atoms with Crippen molar-refractivity contribution in [3.8, 4) is 0 Å². The van der Waals surface area contributed by atoms with E-state index in [2.05, 4.69) is 9.69 Å². The Morgan fingerprint density at radius 1 is 1.38 bits per heavy atom. The average molecular weight is 332 g/mol. The van der Waals surface area contributed by atoms with Crippen LogP contribution in [0.2, 0.25) is 0 Å². The number of nitrogens with two attached hydrogens (primary N) is 1. The SMILES string of the molecule is CN(C)S(=O)(=O)c1c(N)nsc1NCCCC1CCCC1. The van der Waals surface area contributed by atoms with E-state index < -0.39 is 10.0 Å². The lowest BCUT2D eigenvalue weighted by Gasteiger charge is -2.13. The van der Waals surface area contributed by atoms with Gasteiger partial charge in [-0.25, -0.2) is 12.7 Å². The smallest absolute Gasteiger partial charge is 0.249 e. The molecule has 3 N–H and O–H groups in total. The number of nitrogen functional groups attached to an aromatic ring is 1. The third-order valence-corrected chi connectivity index (χ3v) is 6.80. The first-order chi connectivity index (χ1) is 9.93. The van der Waals surface area contributed by atoms with E-state index in [0.29, 0.717) is 5.00 Å². The largest absolute Gasteiger partial charge is 0.382 e. The molecule has 0 radical (unpaired) electrons. The van der Waals surface area contributed by atoms with Gasteiger partial charge in [0.25, 0.3) is 0 Å². The van der Waals surface area contributed by atoms with Gasteiger partial charge in [0.1, 0.15) is 5.00 Å². The van der Waals surface area contributed by atoms with Crippen molar-refractivity contribution in [1.82, 2.24) is 8.68 Å². The highest BCUT2D eigenvalue weighted by Crippen LogP contribution is 2.33. The molecule has 1 saturated carbocycles. The van der Waals surface area contributed by atoms with Crippen LogP contribution < -0.4 is 11.1 Å². The Morgan fingerprint density at radius 3 is 2.67 bits per heavy atom. The van der Waals surface area contributed by atoms with Crippen molar-refractivity contribution in [2.45, 2.75) is 43.4 Å². The fraction of sp³-hybridized carbons (Fsp3) is 0.769. The summed E-state index contributed by atoms with van der Waals surface area (Å²) in [6.45, 7) is 0.758. The van der Waals surface area contributed by atoms with Crippen LogP contribution in [-0.4, -0.2) is 37.7 Å². The minimum absolute atomic E-state index is 0.0759. The summed E-state index contributed by atoms with van der Waals surface area (Å²) < 4.78 is 29.6. The summed E-state index contributed by atoms with van der Waals surface area (Å²) in [5.41, 5.74) is 5.72. The van der Waals surface area contributed by atoms with Crippen LogP contribution >= 0.6 is 11.5 Å². The second kappa shape index (κ2) is 6.93. The molecule has 8 heteroatoms. The van der Waals surface area contributed by atoms with Crippen LogP contribution in [-0.2, 0) is 10.0 Å². The Morgan fingerprint density at radius 2 is 2.05 bits per heavy atom. The summed E-state index contributed by atoms with van der Waals surface area (Å²) in [4.78, 5) is 0.110. The summed E-state index contributed by atoms with van der Waals surface area (Å²) in [7, 11) is -0.561. The first-order valence-electron chi connectivity index (χ1n) is 7.34. The van der Waals surface area contributed by atoms with Crippen LogP contribution in [0, 0.1) is 5.92 Å². The van der Waals surface area contributed by atoms with Crippen LogP contribution in [0.1, 0.15) is 38.5 Å². The molecule has 6 nitrogen and oxygen atoms in total. The van der Waals surface area contributed by atoms with Crippen molar-refractivity contribution in [3.05, 3.63) is 0 Å². The number of hydrogen-bond donors (Lipinski definition) is 2. The standard InChI is InChI=1S/C13H24N4O2S2/c1-17(2)21(18,19)11-12(14)16-20-13(11)15-9-5-8-10-6-3-4-7-10/h10,15H,3-9H2,1-2H3,(H2,14,16). The van der Waals surface area contributed by atoms with Crippen molar-refractivity contribution in [3.63, 3.8) is 0 Å². The van der Waals surface area contributed by atoms with Gasteiger partial charge >= 0.3 is 0 Å². The Kier molecular flexibility index (Phi) is 5.45.